The van der Waals surface area contributed by atoms with E-state index in [1.807, 2.05) is 13.0 Å². The molecule has 1 fully saturated rings. The summed E-state index contributed by atoms with van der Waals surface area (Å²) >= 11 is 0. The molecule has 1 aliphatic carbocycles. The molecule has 1 amide bonds. The summed E-state index contributed by atoms with van der Waals surface area (Å²) in [5.74, 6) is -3.37. The minimum atomic E-state index is -4.66. The fourth-order valence-corrected chi connectivity index (χ4v) is 4.57. The molecule has 1 aliphatic heterocycles. The third kappa shape index (κ3) is 6.69. The van der Waals surface area contributed by atoms with Crippen LogP contribution in [0, 0.1) is 29.0 Å². The Kier molecular flexibility index (Phi) is 8.41. The van der Waals surface area contributed by atoms with Crippen LogP contribution in [0.3, 0.4) is 0 Å². The topological polar surface area (TPSA) is 77.7 Å². The molecule has 2 unspecified atom stereocenters. The number of hydrazone groups is 1. The van der Waals surface area contributed by atoms with E-state index in [9.17, 15) is 18.0 Å². The molecule has 5 rings (SSSR count). The first-order chi connectivity index (χ1) is 20.2. The van der Waals surface area contributed by atoms with Crippen molar-refractivity contribution in [1.82, 2.24) is 0 Å². The minimum absolute atomic E-state index is 0.215. The number of carbonyl (C=O) groups excluding carboxylic acids is 1. The zero-order valence-corrected chi connectivity index (χ0v) is 22.7. The van der Waals surface area contributed by atoms with Crippen LogP contribution in [0.5, 0.6) is 0 Å². The predicted octanol–water partition coefficient (Wildman–Crippen LogP) is 7.28. The second kappa shape index (κ2) is 12.2. The van der Waals surface area contributed by atoms with Crippen molar-refractivity contribution >= 4 is 23.5 Å². The molecular formula is C32H28F4N4O2. The normalized spacial score (nSPS) is 17.4. The third-order valence-electron chi connectivity index (χ3n) is 7.16. The van der Waals surface area contributed by atoms with Crippen LogP contribution in [-0.2, 0) is 16.0 Å². The summed E-state index contributed by atoms with van der Waals surface area (Å²) in [7, 11) is 0. The first kappa shape index (κ1) is 29.0. The maximum absolute atomic E-state index is 15.0. The first-order valence-corrected chi connectivity index (χ1v) is 13.6. The fraction of sp³-hybridized carbons (Fsp3) is 0.281. The number of anilines is 2. The van der Waals surface area contributed by atoms with Gasteiger partial charge in [-0.3, -0.25) is 4.79 Å². The second-order valence-electron chi connectivity index (χ2n) is 10.3. The molecule has 0 spiro atoms. The van der Waals surface area contributed by atoms with Crippen LogP contribution in [0.4, 0.5) is 28.9 Å². The predicted molar refractivity (Wildman–Crippen MR) is 151 cm³/mol. The molecule has 2 atom stereocenters. The molecule has 0 aromatic heterocycles. The zero-order chi connectivity index (χ0) is 29.9. The number of ether oxygens (including phenoxy) is 1. The molecule has 216 valence electrons. The van der Waals surface area contributed by atoms with Crippen molar-refractivity contribution in [1.29, 1.82) is 5.26 Å². The van der Waals surface area contributed by atoms with E-state index in [0.29, 0.717) is 35.8 Å². The third-order valence-corrected chi connectivity index (χ3v) is 7.16. The summed E-state index contributed by atoms with van der Waals surface area (Å²) in [5, 5.41) is 16.7. The average Bonchev–Trinajstić information content (AvgIpc) is 3.83. The highest BCUT2D eigenvalue weighted by molar-refractivity contribution is 6.07. The van der Waals surface area contributed by atoms with E-state index in [-0.39, 0.29) is 11.4 Å². The van der Waals surface area contributed by atoms with Crippen LogP contribution in [0.2, 0.25) is 0 Å². The summed E-state index contributed by atoms with van der Waals surface area (Å²) in [6.45, 7) is 2.41. The van der Waals surface area contributed by atoms with Crippen molar-refractivity contribution in [2.75, 3.05) is 16.9 Å². The molecule has 1 heterocycles. The van der Waals surface area contributed by atoms with E-state index >= 15 is 4.39 Å². The fourth-order valence-electron chi connectivity index (χ4n) is 4.57. The average molecular weight is 577 g/mol. The SMILES string of the molecule is CCc1cccc(N2N=CC(C(F)(F)F)C=C2C(=O)Nc2cc(C(OCC3CC3)c3ccc(C#N)cc3)ccc2F)c1. The van der Waals surface area contributed by atoms with Crippen LogP contribution < -0.4 is 10.3 Å². The van der Waals surface area contributed by atoms with Gasteiger partial charge in [-0.1, -0.05) is 37.3 Å². The Morgan fingerprint density at radius 2 is 1.86 bits per heavy atom. The number of benzene rings is 3. The van der Waals surface area contributed by atoms with Gasteiger partial charge in [0.25, 0.3) is 5.91 Å². The molecule has 0 bridgehead atoms. The van der Waals surface area contributed by atoms with E-state index in [1.165, 1.54) is 18.2 Å². The van der Waals surface area contributed by atoms with Gasteiger partial charge in [0.2, 0.25) is 0 Å². The minimum Gasteiger partial charge on any atom is -0.368 e. The van der Waals surface area contributed by atoms with Gasteiger partial charge in [-0.25, -0.2) is 9.40 Å². The molecule has 2 aliphatic rings. The Labute approximate surface area is 240 Å². The maximum Gasteiger partial charge on any atom is 0.400 e. The maximum atomic E-state index is 15.0. The number of nitriles is 1. The lowest BCUT2D eigenvalue weighted by atomic mass is 9.99. The van der Waals surface area contributed by atoms with E-state index < -0.39 is 29.9 Å². The van der Waals surface area contributed by atoms with Crippen molar-refractivity contribution in [3.63, 3.8) is 0 Å². The number of nitrogens with one attached hydrogen (secondary N) is 1. The number of hydrogen-bond donors (Lipinski definition) is 1. The largest absolute Gasteiger partial charge is 0.400 e. The van der Waals surface area contributed by atoms with Gasteiger partial charge in [0.15, 0.2) is 0 Å². The number of amides is 1. The Morgan fingerprint density at radius 1 is 1.12 bits per heavy atom. The number of alkyl halides is 3. The lowest BCUT2D eigenvalue weighted by Gasteiger charge is -2.28. The second-order valence-corrected chi connectivity index (χ2v) is 10.3. The van der Waals surface area contributed by atoms with E-state index in [1.54, 1.807) is 42.5 Å². The lowest BCUT2D eigenvalue weighted by molar-refractivity contribution is -0.143. The van der Waals surface area contributed by atoms with Crippen molar-refractivity contribution in [2.45, 2.75) is 38.5 Å². The molecule has 1 saturated carbocycles. The highest BCUT2D eigenvalue weighted by Crippen LogP contribution is 2.36. The quantitative estimate of drug-likeness (QED) is 0.272. The molecule has 0 saturated heterocycles. The van der Waals surface area contributed by atoms with Crippen molar-refractivity contribution < 1.29 is 27.1 Å². The van der Waals surface area contributed by atoms with E-state index in [2.05, 4.69) is 16.5 Å². The molecule has 3 aromatic rings. The van der Waals surface area contributed by atoms with Crippen LogP contribution in [0.25, 0.3) is 0 Å². The number of allylic oxidation sites excluding steroid dienone is 1. The number of nitrogens with zero attached hydrogens (tertiary/aromatic N) is 3. The van der Waals surface area contributed by atoms with Crippen molar-refractivity contribution in [2.24, 2.45) is 16.9 Å². The number of rotatable bonds is 9. The Morgan fingerprint density at radius 3 is 2.52 bits per heavy atom. The smallest absolute Gasteiger partial charge is 0.368 e. The molecule has 1 N–H and O–H groups in total. The van der Waals surface area contributed by atoms with Crippen molar-refractivity contribution in [3.8, 4) is 6.07 Å². The number of hydrogen-bond acceptors (Lipinski definition) is 5. The van der Waals surface area contributed by atoms with Gasteiger partial charge >= 0.3 is 6.18 Å². The summed E-state index contributed by atoms with van der Waals surface area (Å²) in [6, 6.07) is 20.0. The molecule has 0 radical (unpaired) electrons. The Balaban J connectivity index is 1.46. The van der Waals surface area contributed by atoms with Gasteiger partial charge in [-0.05, 0) is 84.3 Å². The standard InChI is InChI=1S/C32H28F4N4O2/c1-2-20-4-3-5-26(14-20)40-29(16-25(18-38-40)32(34,35)36)31(41)39-28-15-24(12-13-27(28)33)30(42-19-22-6-7-22)23-10-8-21(17-37)9-11-23/h3-5,8-16,18,22,25,30H,2,6-7,19H2,1H3,(H,39,41). The Hall–Kier alpha value is -4.49. The molecule has 10 heteroatoms. The van der Waals surface area contributed by atoms with Crippen LogP contribution in [0.1, 0.15) is 48.1 Å². The lowest BCUT2D eigenvalue weighted by Crippen LogP contribution is -2.35. The molecule has 6 nitrogen and oxygen atoms in total. The van der Waals surface area contributed by atoms with Crippen LogP contribution in [-0.4, -0.2) is 24.9 Å². The molecule has 42 heavy (non-hydrogen) atoms. The summed E-state index contributed by atoms with van der Waals surface area (Å²) < 4.78 is 62.1. The van der Waals surface area contributed by atoms with E-state index in [4.69, 9.17) is 10.00 Å². The summed E-state index contributed by atoms with van der Waals surface area (Å²) in [4.78, 5) is 13.5. The summed E-state index contributed by atoms with van der Waals surface area (Å²) in [6.07, 6.45) is -0.987. The monoisotopic (exact) mass is 576 g/mol. The van der Waals surface area contributed by atoms with Crippen molar-refractivity contribution in [3.05, 3.63) is 107 Å². The van der Waals surface area contributed by atoms with E-state index in [0.717, 1.165) is 41.3 Å². The number of carbonyl (C=O) groups is 1. The number of aryl methyl sites for hydroxylation is 1. The highest BCUT2D eigenvalue weighted by atomic mass is 19.4. The summed E-state index contributed by atoms with van der Waals surface area (Å²) in [5.41, 5.74) is 2.45. The van der Waals surface area contributed by atoms with Crippen LogP contribution >= 0.6 is 0 Å². The number of halogens is 4. The van der Waals surface area contributed by atoms with Gasteiger partial charge in [0, 0.05) is 6.21 Å². The Bertz CT molecular complexity index is 1560. The molecule has 3 aromatic carbocycles. The highest BCUT2D eigenvalue weighted by Gasteiger charge is 2.41. The zero-order valence-electron chi connectivity index (χ0n) is 22.7. The van der Waals surface area contributed by atoms with Gasteiger partial charge in [-0.15, -0.1) is 0 Å². The van der Waals surface area contributed by atoms with Crippen LogP contribution in [0.15, 0.2) is 83.6 Å². The van der Waals surface area contributed by atoms with Gasteiger partial charge in [0.05, 0.1) is 29.6 Å². The first-order valence-electron chi connectivity index (χ1n) is 13.6. The van der Waals surface area contributed by atoms with Gasteiger partial charge in [-0.2, -0.15) is 23.5 Å². The molecular weight excluding hydrogens is 548 g/mol. The van der Waals surface area contributed by atoms with Gasteiger partial charge in [0.1, 0.15) is 23.5 Å². The van der Waals surface area contributed by atoms with Gasteiger partial charge < -0.3 is 10.1 Å².